The highest BCUT2D eigenvalue weighted by Gasteiger charge is 2.39. The Morgan fingerprint density at radius 3 is 2.60 bits per heavy atom. The summed E-state index contributed by atoms with van der Waals surface area (Å²) in [6.45, 7) is 4.25. The first kappa shape index (κ1) is 24.4. The van der Waals surface area contributed by atoms with Crippen LogP contribution in [0.4, 0.5) is 11.4 Å². The zero-order valence-electron chi connectivity index (χ0n) is 20.0. The van der Waals surface area contributed by atoms with Crippen molar-refractivity contribution in [3.8, 4) is 11.5 Å². The van der Waals surface area contributed by atoms with E-state index >= 15 is 0 Å². The Morgan fingerprint density at radius 2 is 1.91 bits per heavy atom. The standard InChI is InChI=1S/C26H27N3O5S/c1-16-7-9-20(17(2)12-16)28-26-29(15-19-6-5-11-34-19)25(31)23(35-26)14-24(30)27-18-8-10-21(32-3)22(13-18)33-4/h5-13,23H,14-15H2,1-4H3,(H,27,30). The third-order valence-electron chi connectivity index (χ3n) is 5.52. The van der Waals surface area contributed by atoms with Gasteiger partial charge in [0.1, 0.15) is 11.0 Å². The average molecular weight is 494 g/mol. The minimum absolute atomic E-state index is 0.00159. The van der Waals surface area contributed by atoms with E-state index in [9.17, 15) is 9.59 Å². The summed E-state index contributed by atoms with van der Waals surface area (Å²) >= 11 is 1.29. The number of rotatable bonds is 8. The van der Waals surface area contributed by atoms with Crippen molar-refractivity contribution in [1.82, 2.24) is 4.90 Å². The average Bonchev–Trinajstić information content (AvgIpc) is 3.45. The minimum Gasteiger partial charge on any atom is -0.493 e. The summed E-state index contributed by atoms with van der Waals surface area (Å²) in [7, 11) is 3.08. The number of nitrogens with zero attached hydrogens (tertiary/aromatic N) is 2. The Labute approximate surface area is 208 Å². The van der Waals surface area contributed by atoms with Gasteiger partial charge in [-0.2, -0.15) is 0 Å². The van der Waals surface area contributed by atoms with E-state index in [0.717, 1.165) is 16.8 Å². The highest BCUT2D eigenvalue weighted by Crippen LogP contribution is 2.34. The van der Waals surface area contributed by atoms with E-state index in [-0.39, 0.29) is 24.8 Å². The fraction of sp³-hybridized carbons (Fsp3) is 0.269. The summed E-state index contributed by atoms with van der Waals surface area (Å²) in [5.74, 6) is 1.24. The molecule has 182 valence electrons. The largest absolute Gasteiger partial charge is 0.493 e. The molecule has 9 heteroatoms. The lowest BCUT2D eigenvalue weighted by Crippen LogP contribution is -2.33. The normalized spacial score (nSPS) is 16.6. The maximum atomic E-state index is 13.3. The number of thioether (sulfide) groups is 1. The predicted octanol–water partition coefficient (Wildman–Crippen LogP) is 5.07. The van der Waals surface area contributed by atoms with E-state index in [4.69, 9.17) is 18.9 Å². The molecule has 2 aromatic carbocycles. The highest BCUT2D eigenvalue weighted by atomic mass is 32.2. The number of carbonyl (C=O) groups excluding carboxylic acids is 2. The first-order chi connectivity index (χ1) is 16.9. The van der Waals surface area contributed by atoms with E-state index in [1.165, 1.54) is 18.9 Å². The molecule has 0 radical (unpaired) electrons. The molecule has 1 fully saturated rings. The van der Waals surface area contributed by atoms with Crippen molar-refractivity contribution in [2.75, 3.05) is 19.5 Å². The summed E-state index contributed by atoms with van der Waals surface area (Å²) in [4.78, 5) is 32.5. The van der Waals surface area contributed by atoms with Gasteiger partial charge in [0.15, 0.2) is 16.7 Å². The molecule has 0 bridgehead atoms. The monoisotopic (exact) mass is 493 g/mol. The van der Waals surface area contributed by atoms with Gasteiger partial charge < -0.3 is 19.2 Å². The van der Waals surface area contributed by atoms with E-state index in [1.54, 1.807) is 42.5 Å². The topological polar surface area (TPSA) is 93.4 Å². The summed E-state index contributed by atoms with van der Waals surface area (Å²) in [5.41, 5.74) is 3.49. The van der Waals surface area contributed by atoms with Crippen LogP contribution in [0.2, 0.25) is 0 Å². The predicted molar refractivity (Wildman–Crippen MR) is 136 cm³/mol. The number of anilines is 1. The maximum Gasteiger partial charge on any atom is 0.243 e. The Morgan fingerprint density at radius 1 is 1.11 bits per heavy atom. The van der Waals surface area contributed by atoms with Crippen LogP contribution in [0.1, 0.15) is 23.3 Å². The molecule has 1 N–H and O–H groups in total. The van der Waals surface area contributed by atoms with Gasteiger partial charge >= 0.3 is 0 Å². The number of carbonyl (C=O) groups is 2. The second kappa shape index (κ2) is 10.7. The number of hydrogen-bond donors (Lipinski definition) is 1. The number of ether oxygens (including phenoxy) is 2. The number of aryl methyl sites for hydroxylation is 2. The fourth-order valence-electron chi connectivity index (χ4n) is 3.76. The summed E-state index contributed by atoms with van der Waals surface area (Å²) in [5, 5.41) is 2.78. The van der Waals surface area contributed by atoms with Crippen molar-refractivity contribution in [3.63, 3.8) is 0 Å². The van der Waals surface area contributed by atoms with E-state index in [0.29, 0.717) is 28.1 Å². The molecule has 0 saturated carbocycles. The van der Waals surface area contributed by atoms with Crippen molar-refractivity contribution in [3.05, 3.63) is 71.7 Å². The van der Waals surface area contributed by atoms with Gasteiger partial charge in [0.25, 0.3) is 0 Å². The molecule has 8 nitrogen and oxygen atoms in total. The second-order valence-electron chi connectivity index (χ2n) is 8.12. The van der Waals surface area contributed by atoms with Gasteiger partial charge in [-0.05, 0) is 49.7 Å². The second-order valence-corrected chi connectivity index (χ2v) is 9.29. The smallest absolute Gasteiger partial charge is 0.243 e. The van der Waals surface area contributed by atoms with Crippen LogP contribution < -0.4 is 14.8 Å². The SMILES string of the molecule is COc1ccc(NC(=O)CC2SC(=Nc3ccc(C)cc3C)N(Cc3ccco3)C2=O)cc1OC. The molecule has 1 saturated heterocycles. The number of amides is 2. The van der Waals surface area contributed by atoms with Gasteiger partial charge in [0.2, 0.25) is 11.8 Å². The number of nitrogens with one attached hydrogen (secondary N) is 1. The Balaban J connectivity index is 1.53. The molecule has 1 atom stereocenters. The number of hydrogen-bond acceptors (Lipinski definition) is 7. The Bertz CT molecular complexity index is 1260. The Hall–Kier alpha value is -3.72. The molecule has 3 aromatic rings. The lowest BCUT2D eigenvalue weighted by molar-refractivity contribution is -0.128. The highest BCUT2D eigenvalue weighted by molar-refractivity contribution is 8.15. The van der Waals surface area contributed by atoms with Crippen LogP contribution in [0.15, 0.2) is 64.2 Å². The third-order valence-corrected chi connectivity index (χ3v) is 6.70. The van der Waals surface area contributed by atoms with Crippen LogP contribution in [0.3, 0.4) is 0 Å². The molecular weight excluding hydrogens is 466 g/mol. The van der Waals surface area contributed by atoms with Crippen LogP contribution in [-0.2, 0) is 16.1 Å². The van der Waals surface area contributed by atoms with E-state index < -0.39 is 5.25 Å². The van der Waals surface area contributed by atoms with Crippen LogP contribution in [0.5, 0.6) is 11.5 Å². The number of furan rings is 1. The van der Waals surface area contributed by atoms with Crippen LogP contribution in [0, 0.1) is 13.8 Å². The molecule has 1 aliphatic rings. The van der Waals surface area contributed by atoms with Crippen LogP contribution >= 0.6 is 11.8 Å². The van der Waals surface area contributed by atoms with Crippen molar-refractivity contribution in [2.24, 2.45) is 4.99 Å². The first-order valence-electron chi connectivity index (χ1n) is 11.1. The lowest BCUT2D eigenvalue weighted by Gasteiger charge is -2.15. The van der Waals surface area contributed by atoms with Gasteiger partial charge in [-0.15, -0.1) is 0 Å². The number of benzene rings is 2. The zero-order valence-corrected chi connectivity index (χ0v) is 20.8. The number of methoxy groups -OCH3 is 2. The van der Waals surface area contributed by atoms with Crippen LogP contribution in [-0.4, -0.2) is 41.4 Å². The summed E-state index contributed by atoms with van der Waals surface area (Å²) in [6.07, 6.45) is 1.57. The van der Waals surface area contributed by atoms with Gasteiger partial charge in [-0.1, -0.05) is 29.5 Å². The van der Waals surface area contributed by atoms with Gasteiger partial charge in [-0.3, -0.25) is 14.5 Å². The summed E-state index contributed by atoms with van der Waals surface area (Å²) in [6, 6.07) is 14.7. The molecule has 0 aliphatic carbocycles. The summed E-state index contributed by atoms with van der Waals surface area (Å²) < 4.78 is 16.0. The van der Waals surface area contributed by atoms with Gasteiger partial charge in [-0.25, -0.2) is 4.99 Å². The van der Waals surface area contributed by atoms with Crippen LogP contribution in [0.25, 0.3) is 0 Å². The third kappa shape index (κ3) is 5.68. The van der Waals surface area contributed by atoms with E-state index in [2.05, 4.69) is 5.32 Å². The first-order valence-corrected chi connectivity index (χ1v) is 11.9. The molecule has 1 aromatic heterocycles. The number of amidine groups is 1. The minimum atomic E-state index is -0.602. The molecule has 35 heavy (non-hydrogen) atoms. The Kier molecular flexibility index (Phi) is 7.45. The maximum absolute atomic E-state index is 13.3. The molecule has 2 amide bonds. The van der Waals surface area contributed by atoms with Crippen molar-refractivity contribution in [1.29, 1.82) is 0 Å². The van der Waals surface area contributed by atoms with Crippen molar-refractivity contribution < 1.29 is 23.5 Å². The van der Waals surface area contributed by atoms with Crippen molar-refractivity contribution in [2.45, 2.75) is 32.1 Å². The van der Waals surface area contributed by atoms with E-state index in [1.807, 2.05) is 38.1 Å². The van der Waals surface area contributed by atoms with Gasteiger partial charge in [0.05, 0.1) is 32.7 Å². The van der Waals surface area contributed by atoms with Crippen molar-refractivity contribution >= 4 is 40.1 Å². The molecule has 0 spiro atoms. The molecule has 1 unspecified atom stereocenters. The quantitative estimate of drug-likeness (QED) is 0.471. The van der Waals surface area contributed by atoms with Gasteiger partial charge in [0, 0.05) is 18.2 Å². The zero-order chi connectivity index (χ0) is 24.9. The fourth-order valence-corrected chi connectivity index (χ4v) is 4.91. The lowest BCUT2D eigenvalue weighted by atomic mass is 10.1. The molecule has 4 rings (SSSR count). The molecule has 2 heterocycles. The molecular formula is C26H27N3O5S. The number of aliphatic imine (C=N–C) groups is 1. The molecule has 1 aliphatic heterocycles.